The molecule has 0 unspecified atom stereocenters. The van der Waals surface area contributed by atoms with Crippen LogP contribution in [0, 0.1) is 0 Å². The van der Waals surface area contributed by atoms with Gasteiger partial charge in [0.05, 0.1) is 0 Å². The van der Waals surface area contributed by atoms with Crippen molar-refractivity contribution < 1.29 is 0 Å². The second-order valence-corrected chi connectivity index (χ2v) is 13.4. The Bertz CT molecular complexity index is 765. The third-order valence-corrected chi connectivity index (χ3v) is 10.0. The molecule has 7 rings (SSSR count). The summed E-state index contributed by atoms with van der Waals surface area (Å²) in [5.74, 6) is 0. The van der Waals surface area contributed by atoms with Crippen LogP contribution in [0.5, 0.6) is 0 Å². The van der Waals surface area contributed by atoms with E-state index in [1.54, 1.807) is 0 Å². The van der Waals surface area contributed by atoms with Crippen LogP contribution in [-0.2, 0) is 13.1 Å². The first-order chi connectivity index (χ1) is 20.8. The molecule has 0 aliphatic carbocycles. The molecular formula is C34H62N8. The van der Waals surface area contributed by atoms with Crippen molar-refractivity contribution >= 4 is 0 Å². The molecule has 238 valence electrons. The van der Waals surface area contributed by atoms with Gasteiger partial charge in [-0.25, -0.2) is 0 Å². The Kier molecular flexibility index (Phi) is 14.3. The molecule has 8 nitrogen and oxygen atoms in total. The predicted octanol–water partition coefficient (Wildman–Crippen LogP) is 2.07. The Morgan fingerprint density at radius 1 is 0.357 bits per heavy atom. The fourth-order valence-corrected chi connectivity index (χ4v) is 7.21. The lowest BCUT2D eigenvalue weighted by molar-refractivity contribution is 0.125. The molecule has 0 aromatic heterocycles. The van der Waals surface area contributed by atoms with Gasteiger partial charge in [0, 0.05) is 91.6 Å². The van der Waals surface area contributed by atoms with Crippen LogP contribution in [0.3, 0.4) is 0 Å². The molecule has 6 aliphatic heterocycles. The van der Waals surface area contributed by atoms with Crippen molar-refractivity contribution in [2.24, 2.45) is 0 Å². The van der Waals surface area contributed by atoms with E-state index in [1.165, 1.54) is 141 Å². The van der Waals surface area contributed by atoms with Crippen molar-refractivity contribution in [2.75, 3.05) is 131 Å². The first-order valence-electron chi connectivity index (χ1n) is 17.6. The number of hydrogen-bond acceptors (Lipinski definition) is 8. The number of fused-ring (bicyclic) bond motifs is 24. The summed E-state index contributed by atoms with van der Waals surface area (Å²) in [7, 11) is 0. The smallest absolute Gasteiger partial charge is 0.0234 e. The zero-order valence-electron chi connectivity index (χ0n) is 26.8. The molecule has 1 aromatic carbocycles. The molecule has 6 aliphatic rings. The topological polar surface area (TPSA) is 43.5 Å². The average Bonchev–Trinajstić information content (AvgIpc) is 3.04. The fraction of sp³-hybridized carbons (Fsp3) is 0.824. The predicted molar refractivity (Wildman–Crippen MR) is 176 cm³/mol. The van der Waals surface area contributed by atoms with E-state index in [2.05, 4.69) is 64.3 Å². The maximum absolute atomic E-state index is 3.73. The van der Waals surface area contributed by atoms with Crippen LogP contribution in [0.25, 0.3) is 0 Å². The summed E-state index contributed by atoms with van der Waals surface area (Å²) in [4.78, 5) is 16.1. The first-order valence-corrected chi connectivity index (χ1v) is 17.6. The molecule has 6 saturated heterocycles. The number of piperazine rings is 2. The first kappa shape index (κ1) is 32.3. The molecule has 6 fully saturated rings. The Morgan fingerprint density at radius 2 is 0.714 bits per heavy atom. The van der Waals surface area contributed by atoms with Gasteiger partial charge >= 0.3 is 0 Å². The Morgan fingerprint density at radius 3 is 1.10 bits per heavy atom. The summed E-state index contributed by atoms with van der Waals surface area (Å²) in [6, 6.07) is 9.62. The van der Waals surface area contributed by atoms with E-state index in [1.807, 2.05) is 0 Å². The quantitative estimate of drug-likeness (QED) is 0.560. The van der Waals surface area contributed by atoms with Gasteiger partial charge in [-0.2, -0.15) is 0 Å². The van der Waals surface area contributed by atoms with Gasteiger partial charge in [0.1, 0.15) is 0 Å². The van der Waals surface area contributed by atoms with E-state index in [9.17, 15) is 0 Å². The number of nitrogens with zero attached hydrogens (tertiary/aromatic N) is 6. The molecule has 0 amide bonds. The summed E-state index contributed by atoms with van der Waals surface area (Å²) < 4.78 is 0. The lowest BCUT2D eigenvalue weighted by Crippen LogP contribution is -2.47. The second-order valence-electron chi connectivity index (χ2n) is 13.4. The molecule has 0 atom stereocenters. The number of benzene rings is 1. The highest BCUT2D eigenvalue weighted by Gasteiger charge is 2.18. The maximum Gasteiger partial charge on any atom is 0.0234 e. The molecule has 1 aromatic rings. The summed E-state index contributed by atoms with van der Waals surface area (Å²) in [5.41, 5.74) is 2.92. The molecule has 42 heavy (non-hydrogen) atoms. The third-order valence-electron chi connectivity index (χ3n) is 10.0. The fourth-order valence-electron chi connectivity index (χ4n) is 7.21. The molecule has 8 heteroatoms. The van der Waals surface area contributed by atoms with Crippen LogP contribution < -0.4 is 10.6 Å². The SMILES string of the molecule is c1cc(CN2CCCN3CCN(CCCCNCC2)CC3)ccc1CN1CCCN2CCN(CCCCNCC1)CC2. The van der Waals surface area contributed by atoms with Crippen molar-refractivity contribution in [1.29, 1.82) is 0 Å². The van der Waals surface area contributed by atoms with Crippen molar-refractivity contribution in [2.45, 2.75) is 51.6 Å². The van der Waals surface area contributed by atoms with E-state index in [4.69, 9.17) is 0 Å². The van der Waals surface area contributed by atoms with Crippen LogP contribution in [0.1, 0.15) is 49.7 Å². The van der Waals surface area contributed by atoms with Gasteiger partial charge in [-0.05, 0) is 102 Å². The number of nitrogens with one attached hydrogen (secondary N) is 2. The summed E-state index contributed by atoms with van der Waals surface area (Å²) in [6.45, 7) is 26.4. The van der Waals surface area contributed by atoms with Gasteiger partial charge in [0.25, 0.3) is 0 Å². The molecular weight excluding hydrogens is 520 g/mol. The van der Waals surface area contributed by atoms with Crippen molar-refractivity contribution in [3.63, 3.8) is 0 Å². The van der Waals surface area contributed by atoms with E-state index in [-0.39, 0.29) is 0 Å². The van der Waals surface area contributed by atoms with Crippen LogP contribution in [0.4, 0.5) is 0 Å². The lowest BCUT2D eigenvalue weighted by Gasteiger charge is -2.35. The monoisotopic (exact) mass is 583 g/mol. The van der Waals surface area contributed by atoms with Crippen LogP contribution in [0.2, 0.25) is 0 Å². The highest BCUT2D eigenvalue weighted by atomic mass is 15.3. The Hall–Kier alpha value is -1.10. The maximum atomic E-state index is 3.73. The zero-order chi connectivity index (χ0) is 28.7. The molecule has 0 saturated carbocycles. The average molecular weight is 583 g/mol. The highest BCUT2D eigenvalue weighted by Crippen LogP contribution is 2.13. The molecule has 6 heterocycles. The van der Waals surface area contributed by atoms with Gasteiger partial charge in [-0.1, -0.05) is 24.3 Å². The largest absolute Gasteiger partial charge is 0.315 e. The van der Waals surface area contributed by atoms with Gasteiger partial charge in [0.2, 0.25) is 0 Å². The van der Waals surface area contributed by atoms with Crippen molar-refractivity contribution in [3.05, 3.63) is 35.4 Å². The summed E-state index contributed by atoms with van der Waals surface area (Å²) >= 11 is 0. The van der Waals surface area contributed by atoms with Gasteiger partial charge < -0.3 is 30.2 Å². The van der Waals surface area contributed by atoms with Crippen LogP contribution >= 0.6 is 0 Å². The minimum absolute atomic E-state index is 1.07. The van der Waals surface area contributed by atoms with E-state index in [0.29, 0.717) is 0 Å². The molecule has 0 spiro atoms. The third kappa shape index (κ3) is 11.8. The van der Waals surface area contributed by atoms with E-state index < -0.39 is 0 Å². The zero-order valence-corrected chi connectivity index (χ0v) is 26.8. The minimum Gasteiger partial charge on any atom is -0.315 e. The molecule has 0 radical (unpaired) electrons. The normalized spacial score (nSPS) is 31.0. The Balaban J connectivity index is 1.10. The van der Waals surface area contributed by atoms with Crippen LogP contribution in [-0.4, -0.2) is 160 Å². The van der Waals surface area contributed by atoms with Gasteiger partial charge in [0.15, 0.2) is 0 Å². The minimum atomic E-state index is 1.07. The van der Waals surface area contributed by atoms with E-state index in [0.717, 1.165) is 52.4 Å². The lowest BCUT2D eigenvalue weighted by atomic mass is 10.1. The summed E-state index contributed by atoms with van der Waals surface area (Å²) in [5, 5.41) is 7.45. The second kappa shape index (κ2) is 18.6. The number of hydrogen-bond donors (Lipinski definition) is 2. The molecule has 4 bridgehead atoms. The highest BCUT2D eigenvalue weighted by molar-refractivity contribution is 5.22. The van der Waals surface area contributed by atoms with Crippen molar-refractivity contribution in [1.82, 2.24) is 40.0 Å². The van der Waals surface area contributed by atoms with Crippen LogP contribution in [0.15, 0.2) is 24.3 Å². The van der Waals surface area contributed by atoms with Crippen molar-refractivity contribution in [3.8, 4) is 0 Å². The standard InChI is InChI=1S/C34H62N8/c1-3-15-37-23-27-39(28-24-37)17-5-19-41(21-13-35-11-1)31-33-7-9-34(10-8-33)32-42-20-6-18-40-29-25-38(26-30-40)16-4-2-12-36-14-22-42/h7-10,35-36H,1-6,11-32H2. The number of rotatable bonds is 4. The molecule has 2 N–H and O–H groups in total. The van der Waals surface area contributed by atoms with E-state index >= 15 is 0 Å². The van der Waals surface area contributed by atoms with Gasteiger partial charge in [-0.3, -0.25) is 9.80 Å². The summed E-state index contributed by atoms with van der Waals surface area (Å²) in [6.07, 6.45) is 7.80. The van der Waals surface area contributed by atoms with Gasteiger partial charge in [-0.15, -0.1) is 0 Å². The Labute approximate surface area is 257 Å².